The highest BCUT2D eigenvalue weighted by Gasteiger charge is 2.53. The molecule has 0 aliphatic carbocycles. The van der Waals surface area contributed by atoms with Crippen LogP contribution in [0.25, 0.3) is 0 Å². The minimum atomic E-state index is -4.13. The van der Waals surface area contributed by atoms with Crippen LogP contribution in [0.4, 0.5) is 18.9 Å². The lowest BCUT2D eigenvalue weighted by atomic mass is 9.91. The Morgan fingerprint density at radius 3 is 2.51 bits per heavy atom. The summed E-state index contributed by atoms with van der Waals surface area (Å²) < 4.78 is 71.0. The topological polar surface area (TPSA) is 124 Å². The lowest BCUT2D eigenvalue weighted by molar-refractivity contribution is 0.102. The van der Waals surface area contributed by atoms with Gasteiger partial charge >= 0.3 is 0 Å². The predicted molar refractivity (Wildman–Crippen MR) is 132 cm³/mol. The summed E-state index contributed by atoms with van der Waals surface area (Å²) in [6.07, 6.45) is 1.17. The molecule has 3 aromatic rings. The Balaban J connectivity index is 1.69. The zero-order valence-electron chi connectivity index (χ0n) is 19.8. The van der Waals surface area contributed by atoms with Crippen LogP contribution in [-0.2, 0) is 20.1 Å². The van der Waals surface area contributed by atoms with E-state index in [1.807, 2.05) is 0 Å². The number of alkyl halides is 1. The molecule has 0 saturated heterocycles. The quantitative estimate of drug-likeness (QED) is 0.497. The molecule has 0 spiro atoms. The first-order valence-corrected chi connectivity index (χ1v) is 12.7. The second-order valence-corrected chi connectivity index (χ2v) is 11.2. The van der Waals surface area contributed by atoms with Crippen LogP contribution in [0.1, 0.15) is 35.5 Å². The number of rotatable bonds is 6. The van der Waals surface area contributed by atoms with Crippen LogP contribution in [0.3, 0.4) is 0 Å². The Kier molecular flexibility index (Phi) is 6.72. The summed E-state index contributed by atoms with van der Waals surface area (Å²) in [7, 11) is -4.13. The highest BCUT2D eigenvalue weighted by Crippen LogP contribution is 2.43. The summed E-state index contributed by atoms with van der Waals surface area (Å²) in [5.74, 6) is -2.85. The molecular weight excluding hydrogens is 509 g/mol. The lowest BCUT2D eigenvalue weighted by Crippen LogP contribution is -2.54. The highest BCUT2D eigenvalue weighted by molar-refractivity contribution is 7.93. The number of nitrogens with one attached hydrogen (secondary N) is 1. The minimum absolute atomic E-state index is 0.0170. The fraction of sp³-hybridized carbons (Fsp3) is 0.240. The van der Waals surface area contributed by atoms with Crippen molar-refractivity contribution < 1.29 is 31.1 Å². The number of carbonyl (C=O) groups is 1. The van der Waals surface area contributed by atoms with Gasteiger partial charge in [-0.05, 0) is 61.9 Å². The van der Waals surface area contributed by atoms with Gasteiger partial charge in [0.2, 0.25) is 6.86 Å². The first-order valence-electron chi connectivity index (χ1n) is 11.0. The van der Waals surface area contributed by atoms with E-state index in [0.29, 0.717) is 0 Å². The molecule has 0 fully saturated rings. The molecule has 4 rings (SSSR count). The molecule has 194 valence electrons. The number of pyridine rings is 1. The van der Waals surface area contributed by atoms with Crippen LogP contribution in [0.15, 0.2) is 65.8 Å². The maximum absolute atomic E-state index is 15.0. The van der Waals surface area contributed by atoms with Crippen molar-refractivity contribution in [1.82, 2.24) is 4.98 Å². The van der Waals surface area contributed by atoms with E-state index < -0.39 is 50.3 Å². The molecule has 1 amide bonds. The number of nitrogens with two attached hydrogens (primary N) is 1. The van der Waals surface area contributed by atoms with Crippen LogP contribution < -0.4 is 15.8 Å². The lowest BCUT2D eigenvalue weighted by Gasteiger charge is -2.40. The molecule has 0 bridgehead atoms. The van der Waals surface area contributed by atoms with Gasteiger partial charge in [0.1, 0.15) is 34.5 Å². The number of aromatic nitrogens is 1. The van der Waals surface area contributed by atoms with Crippen molar-refractivity contribution >= 4 is 27.3 Å². The van der Waals surface area contributed by atoms with E-state index in [2.05, 4.69) is 20.0 Å². The third kappa shape index (κ3) is 4.76. The summed E-state index contributed by atoms with van der Waals surface area (Å²) in [5.41, 5.74) is 4.67. The molecule has 2 atom stereocenters. The summed E-state index contributed by atoms with van der Waals surface area (Å²) >= 11 is 0. The van der Waals surface area contributed by atoms with Crippen molar-refractivity contribution in [2.45, 2.75) is 24.1 Å². The van der Waals surface area contributed by atoms with Gasteiger partial charge in [0, 0.05) is 11.3 Å². The van der Waals surface area contributed by atoms with E-state index in [9.17, 15) is 22.0 Å². The van der Waals surface area contributed by atoms with Crippen molar-refractivity contribution in [3.05, 3.63) is 89.2 Å². The average Bonchev–Trinajstić information content (AvgIpc) is 2.84. The summed E-state index contributed by atoms with van der Waals surface area (Å²) in [5, 5.41) is 2.56. The number of anilines is 1. The number of carbonyl (C=O) groups excluding carboxylic acids is 1. The molecule has 8 nitrogen and oxygen atoms in total. The second kappa shape index (κ2) is 9.51. The molecule has 1 aromatic heterocycles. The Bertz CT molecular complexity index is 1500. The van der Waals surface area contributed by atoms with E-state index in [1.54, 1.807) is 0 Å². The molecule has 0 saturated carbocycles. The smallest absolute Gasteiger partial charge is 0.274 e. The van der Waals surface area contributed by atoms with Crippen molar-refractivity contribution in [3.63, 3.8) is 0 Å². The van der Waals surface area contributed by atoms with Gasteiger partial charge in [0.05, 0.1) is 11.9 Å². The van der Waals surface area contributed by atoms with Crippen LogP contribution in [0, 0.1) is 11.6 Å². The third-order valence-electron chi connectivity index (χ3n) is 6.32. The molecule has 1 aliphatic heterocycles. The fourth-order valence-electron chi connectivity index (χ4n) is 4.20. The minimum Gasteiger partial charge on any atom is -0.461 e. The van der Waals surface area contributed by atoms with Crippen LogP contribution in [0.5, 0.6) is 5.75 Å². The molecule has 1 aliphatic rings. The van der Waals surface area contributed by atoms with E-state index in [4.69, 9.17) is 5.73 Å². The van der Waals surface area contributed by atoms with E-state index in [0.717, 1.165) is 12.1 Å². The zero-order chi connectivity index (χ0) is 27.0. The van der Waals surface area contributed by atoms with Gasteiger partial charge in [0.15, 0.2) is 14.6 Å². The van der Waals surface area contributed by atoms with Crippen molar-refractivity contribution in [1.29, 1.82) is 0 Å². The van der Waals surface area contributed by atoms with Crippen LogP contribution in [-0.4, -0.2) is 37.8 Å². The Morgan fingerprint density at radius 1 is 1.14 bits per heavy atom. The predicted octanol–water partition coefficient (Wildman–Crippen LogP) is 3.83. The second-order valence-electron chi connectivity index (χ2n) is 8.85. The Hall–Kier alpha value is -3.93. The normalized spacial score (nSPS) is 22.7. The Labute approximate surface area is 211 Å². The molecular formula is C25H23F3N4O4S. The number of aliphatic imine (C=N–C) groups is 1. The van der Waals surface area contributed by atoms with Gasteiger partial charge in [-0.25, -0.2) is 26.6 Å². The van der Waals surface area contributed by atoms with Gasteiger partial charge in [-0.1, -0.05) is 12.1 Å². The van der Waals surface area contributed by atoms with Gasteiger partial charge in [0.25, 0.3) is 5.91 Å². The first-order chi connectivity index (χ1) is 17.4. The monoisotopic (exact) mass is 532 g/mol. The standard InChI is InChI=1S/C25H23F3N4O4S/c1-24(13-37(34,35)25(2,23(29)32-24)15-4-3-5-16(27)10-15)19-11-17(6-8-20(19)28)31-22(33)21-9-7-18(12-30-21)36-14-26/h3-12H,13-14H2,1-2H3,(H2,29,32)(H,31,33)/t24-,25-/m0/s1. The van der Waals surface area contributed by atoms with E-state index in [1.165, 1.54) is 62.5 Å². The molecule has 3 N–H and O–H groups in total. The van der Waals surface area contributed by atoms with Gasteiger partial charge < -0.3 is 15.8 Å². The molecule has 0 radical (unpaired) electrons. The number of hydrogen-bond acceptors (Lipinski definition) is 7. The van der Waals surface area contributed by atoms with Gasteiger partial charge in [-0.2, -0.15) is 0 Å². The number of ether oxygens (including phenoxy) is 1. The Morgan fingerprint density at radius 2 is 1.89 bits per heavy atom. The van der Waals surface area contributed by atoms with Crippen molar-refractivity contribution in [3.8, 4) is 5.75 Å². The molecule has 2 aromatic carbocycles. The molecule has 37 heavy (non-hydrogen) atoms. The summed E-state index contributed by atoms with van der Waals surface area (Å²) in [4.78, 5) is 20.9. The van der Waals surface area contributed by atoms with Crippen molar-refractivity contribution in [2.24, 2.45) is 10.7 Å². The summed E-state index contributed by atoms with van der Waals surface area (Å²) in [6.45, 7) is 1.70. The maximum atomic E-state index is 15.0. The largest absolute Gasteiger partial charge is 0.461 e. The van der Waals surface area contributed by atoms with Crippen molar-refractivity contribution in [2.75, 3.05) is 17.9 Å². The van der Waals surface area contributed by atoms with Crippen LogP contribution in [0.2, 0.25) is 0 Å². The number of amidine groups is 1. The first kappa shape index (κ1) is 26.1. The van der Waals surface area contributed by atoms with Gasteiger partial charge in [-0.3, -0.25) is 9.79 Å². The molecule has 12 heteroatoms. The van der Waals surface area contributed by atoms with E-state index >= 15 is 4.39 Å². The summed E-state index contributed by atoms with van der Waals surface area (Å²) in [6, 6.07) is 11.4. The number of amides is 1. The molecule has 2 heterocycles. The number of halogens is 3. The fourth-order valence-corrected chi connectivity index (χ4v) is 6.30. The third-order valence-corrected chi connectivity index (χ3v) is 8.95. The number of sulfone groups is 1. The molecule has 0 unspecified atom stereocenters. The SMILES string of the molecule is C[C@@]1(c2cc(NC(=O)c3ccc(OCF)cn3)ccc2F)CS(=O)(=O)[C@@](C)(c2cccc(F)c2)C(N)=N1. The van der Waals surface area contributed by atoms with Gasteiger partial charge in [-0.15, -0.1) is 0 Å². The van der Waals surface area contributed by atoms with Crippen LogP contribution >= 0.6 is 0 Å². The average molecular weight is 533 g/mol. The zero-order valence-corrected chi connectivity index (χ0v) is 20.7. The highest BCUT2D eigenvalue weighted by atomic mass is 32.2. The maximum Gasteiger partial charge on any atom is 0.274 e. The van der Waals surface area contributed by atoms with E-state index in [-0.39, 0.29) is 34.1 Å². The number of benzene rings is 2. The number of hydrogen-bond donors (Lipinski definition) is 2. The number of nitrogens with zero attached hydrogens (tertiary/aromatic N) is 2.